The fraction of sp³-hybridized carbons (Fsp3) is 0.231. The highest BCUT2D eigenvalue weighted by atomic mass is 16.5. The Hall–Kier alpha value is -1.70. The molecule has 15 heavy (non-hydrogen) atoms. The summed E-state index contributed by atoms with van der Waals surface area (Å²) >= 11 is 0. The Morgan fingerprint density at radius 3 is 2.67 bits per heavy atom. The minimum absolute atomic E-state index is 0.705. The Morgan fingerprint density at radius 2 is 2.00 bits per heavy atom. The minimum Gasteiger partial charge on any atom is -0.457 e. The molecular formula is C13H15NO. The van der Waals surface area contributed by atoms with Crippen molar-refractivity contribution in [3.05, 3.63) is 42.2 Å². The van der Waals surface area contributed by atoms with Gasteiger partial charge in [0.1, 0.15) is 11.5 Å². The lowest BCUT2D eigenvalue weighted by Gasteiger charge is -2.20. The van der Waals surface area contributed by atoms with E-state index in [4.69, 9.17) is 4.74 Å². The SMILES string of the molecule is C=C1C=C(C)c2ccc(N(C)C)cc2O1. The minimum atomic E-state index is 0.705. The second kappa shape index (κ2) is 3.46. The number of rotatable bonds is 1. The van der Waals surface area contributed by atoms with E-state index in [2.05, 4.69) is 30.5 Å². The summed E-state index contributed by atoms with van der Waals surface area (Å²) in [5.41, 5.74) is 3.48. The summed E-state index contributed by atoms with van der Waals surface area (Å²) in [5.74, 6) is 1.60. The Kier molecular flexibility index (Phi) is 2.27. The van der Waals surface area contributed by atoms with E-state index < -0.39 is 0 Å². The maximum absolute atomic E-state index is 5.60. The van der Waals surface area contributed by atoms with E-state index in [-0.39, 0.29) is 0 Å². The molecule has 1 aliphatic rings. The number of allylic oxidation sites excluding steroid dienone is 2. The van der Waals surface area contributed by atoms with Crippen molar-refractivity contribution in [3.63, 3.8) is 0 Å². The van der Waals surface area contributed by atoms with Gasteiger partial charge in [0, 0.05) is 31.4 Å². The summed E-state index contributed by atoms with van der Waals surface area (Å²) in [7, 11) is 4.03. The zero-order chi connectivity index (χ0) is 11.0. The lowest BCUT2D eigenvalue weighted by Crippen LogP contribution is -2.09. The topological polar surface area (TPSA) is 12.5 Å². The summed E-state index contributed by atoms with van der Waals surface area (Å²) in [6.07, 6.45) is 1.96. The second-order valence-electron chi connectivity index (χ2n) is 3.97. The first-order valence-electron chi connectivity index (χ1n) is 4.95. The summed E-state index contributed by atoms with van der Waals surface area (Å²) in [6, 6.07) is 6.22. The highest BCUT2D eigenvalue weighted by Crippen LogP contribution is 2.35. The van der Waals surface area contributed by atoms with Crippen LogP contribution in [0.15, 0.2) is 36.6 Å². The predicted octanol–water partition coefficient (Wildman–Crippen LogP) is 3.06. The molecule has 0 N–H and O–H groups in total. The molecule has 2 nitrogen and oxygen atoms in total. The van der Waals surface area contributed by atoms with Crippen molar-refractivity contribution in [2.75, 3.05) is 19.0 Å². The molecule has 1 aliphatic heterocycles. The van der Waals surface area contributed by atoms with Gasteiger partial charge in [0.25, 0.3) is 0 Å². The smallest absolute Gasteiger partial charge is 0.136 e. The molecule has 0 saturated carbocycles. The third kappa shape index (κ3) is 1.75. The molecule has 2 heteroatoms. The standard InChI is InChI=1S/C13H15NO/c1-9-7-10(2)15-13-8-11(14(3)4)5-6-12(9)13/h5-8H,2H2,1,3-4H3. The van der Waals surface area contributed by atoms with Crippen LogP contribution in [0.1, 0.15) is 12.5 Å². The van der Waals surface area contributed by atoms with Gasteiger partial charge in [0.15, 0.2) is 0 Å². The largest absolute Gasteiger partial charge is 0.457 e. The maximum Gasteiger partial charge on any atom is 0.136 e. The molecule has 0 spiro atoms. The van der Waals surface area contributed by atoms with Gasteiger partial charge in [-0.2, -0.15) is 0 Å². The predicted molar refractivity (Wildman–Crippen MR) is 64.2 cm³/mol. The van der Waals surface area contributed by atoms with E-state index >= 15 is 0 Å². The van der Waals surface area contributed by atoms with E-state index in [9.17, 15) is 0 Å². The Bertz CT molecular complexity index is 444. The van der Waals surface area contributed by atoms with Gasteiger partial charge in [-0.1, -0.05) is 6.58 Å². The average Bonchev–Trinajstić information content (AvgIpc) is 2.16. The number of hydrogen-bond acceptors (Lipinski definition) is 2. The first-order valence-corrected chi connectivity index (χ1v) is 4.95. The number of anilines is 1. The highest BCUT2D eigenvalue weighted by molar-refractivity contribution is 5.75. The Morgan fingerprint density at radius 1 is 1.27 bits per heavy atom. The van der Waals surface area contributed by atoms with Crippen LogP contribution in [0.3, 0.4) is 0 Å². The molecular weight excluding hydrogens is 186 g/mol. The van der Waals surface area contributed by atoms with Gasteiger partial charge in [0.2, 0.25) is 0 Å². The van der Waals surface area contributed by atoms with E-state index in [1.165, 1.54) is 5.57 Å². The van der Waals surface area contributed by atoms with Gasteiger partial charge in [-0.25, -0.2) is 0 Å². The van der Waals surface area contributed by atoms with Gasteiger partial charge in [0.05, 0.1) is 0 Å². The first-order chi connectivity index (χ1) is 7.08. The van der Waals surface area contributed by atoms with Crippen molar-refractivity contribution < 1.29 is 4.74 Å². The maximum atomic E-state index is 5.60. The molecule has 0 aromatic heterocycles. The van der Waals surface area contributed by atoms with Crippen molar-refractivity contribution in [1.82, 2.24) is 0 Å². The summed E-state index contributed by atoms with van der Waals surface area (Å²) in [4.78, 5) is 2.06. The number of benzene rings is 1. The van der Waals surface area contributed by atoms with Crippen LogP contribution in [-0.4, -0.2) is 14.1 Å². The lowest BCUT2D eigenvalue weighted by atomic mass is 10.0. The van der Waals surface area contributed by atoms with Gasteiger partial charge < -0.3 is 9.64 Å². The summed E-state index contributed by atoms with van der Waals surface area (Å²) < 4.78 is 5.60. The summed E-state index contributed by atoms with van der Waals surface area (Å²) in [6.45, 7) is 5.90. The number of nitrogens with zero attached hydrogens (tertiary/aromatic N) is 1. The highest BCUT2D eigenvalue weighted by Gasteiger charge is 2.13. The van der Waals surface area contributed by atoms with Gasteiger partial charge in [-0.15, -0.1) is 0 Å². The monoisotopic (exact) mass is 201 g/mol. The fourth-order valence-electron chi connectivity index (χ4n) is 1.69. The third-order valence-corrected chi connectivity index (χ3v) is 2.52. The van der Waals surface area contributed by atoms with Crippen LogP contribution in [0.5, 0.6) is 5.75 Å². The molecule has 0 unspecified atom stereocenters. The molecule has 0 aliphatic carbocycles. The molecule has 0 saturated heterocycles. The number of ether oxygens (including phenoxy) is 1. The molecule has 1 aromatic carbocycles. The van der Waals surface area contributed by atoms with E-state index in [0.29, 0.717) is 5.76 Å². The molecule has 0 radical (unpaired) electrons. The second-order valence-corrected chi connectivity index (χ2v) is 3.97. The fourth-order valence-corrected chi connectivity index (χ4v) is 1.69. The Balaban J connectivity index is 2.51. The van der Waals surface area contributed by atoms with Crippen LogP contribution < -0.4 is 9.64 Å². The summed E-state index contributed by atoms with van der Waals surface area (Å²) in [5, 5.41) is 0. The zero-order valence-electron chi connectivity index (χ0n) is 9.37. The van der Waals surface area contributed by atoms with E-state index in [1.54, 1.807) is 0 Å². The molecule has 0 fully saturated rings. The molecule has 2 rings (SSSR count). The van der Waals surface area contributed by atoms with Crippen LogP contribution in [0.4, 0.5) is 5.69 Å². The van der Waals surface area contributed by atoms with Crippen molar-refractivity contribution in [2.45, 2.75) is 6.92 Å². The molecule has 0 amide bonds. The van der Waals surface area contributed by atoms with Crippen LogP contribution in [0, 0.1) is 0 Å². The van der Waals surface area contributed by atoms with E-state index in [1.807, 2.05) is 26.2 Å². The first kappa shape index (κ1) is 9.84. The van der Waals surface area contributed by atoms with Crippen LogP contribution in [0.25, 0.3) is 5.57 Å². The molecule has 0 atom stereocenters. The van der Waals surface area contributed by atoms with Gasteiger partial charge >= 0.3 is 0 Å². The number of hydrogen-bond donors (Lipinski definition) is 0. The van der Waals surface area contributed by atoms with Gasteiger partial charge in [-0.3, -0.25) is 0 Å². The Labute approximate surface area is 90.5 Å². The normalized spacial score (nSPS) is 14.1. The third-order valence-electron chi connectivity index (χ3n) is 2.52. The quantitative estimate of drug-likeness (QED) is 0.692. The zero-order valence-corrected chi connectivity index (χ0v) is 9.37. The molecule has 78 valence electrons. The van der Waals surface area contributed by atoms with Gasteiger partial charge in [-0.05, 0) is 30.7 Å². The molecule has 1 heterocycles. The average molecular weight is 201 g/mol. The van der Waals surface area contributed by atoms with Crippen molar-refractivity contribution in [1.29, 1.82) is 0 Å². The van der Waals surface area contributed by atoms with Crippen molar-refractivity contribution in [2.24, 2.45) is 0 Å². The lowest BCUT2D eigenvalue weighted by molar-refractivity contribution is 0.441. The molecule has 0 bridgehead atoms. The van der Waals surface area contributed by atoms with Crippen LogP contribution in [0.2, 0.25) is 0 Å². The van der Waals surface area contributed by atoms with Crippen molar-refractivity contribution in [3.8, 4) is 5.75 Å². The van der Waals surface area contributed by atoms with Crippen LogP contribution >= 0.6 is 0 Å². The molecule has 1 aromatic rings. The van der Waals surface area contributed by atoms with E-state index in [0.717, 1.165) is 17.0 Å². The van der Waals surface area contributed by atoms with Crippen molar-refractivity contribution >= 4 is 11.3 Å². The van der Waals surface area contributed by atoms with Crippen LogP contribution in [-0.2, 0) is 0 Å². The number of fused-ring (bicyclic) bond motifs is 1.